The largest absolute Gasteiger partial charge is 0.508 e. The highest BCUT2D eigenvalue weighted by molar-refractivity contribution is 7.96. The lowest BCUT2D eigenvalue weighted by Crippen LogP contribution is -2.57. The molecule has 20 heavy (non-hydrogen) atoms. The number of hydrogen-bond acceptors (Lipinski definition) is 3. The summed E-state index contributed by atoms with van der Waals surface area (Å²) in [6.07, 6.45) is 2.36. The van der Waals surface area contributed by atoms with E-state index in [0.717, 1.165) is 6.42 Å². The summed E-state index contributed by atoms with van der Waals surface area (Å²) in [5, 5.41) is 0.494. The van der Waals surface area contributed by atoms with Gasteiger partial charge in [-0.05, 0) is 33.4 Å². The first-order chi connectivity index (χ1) is 9.32. The molecule has 122 valence electrons. The molecule has 0 aromatic heterocycles. The molecule has 0 bridgehead atoms. The summed E-state index contributed by atoms with van der Waals surface area (Å²) < 4.78 is 18.5. The summed E-state index contributed by atoms with van der Waals surface area (Å²) in [6, 6.07) is 0. The van der Waals surface area contributed by atoms with Crippen LogP contribution in [0.4, 0.5) is 0 Å². The van der Waals surface area contributed by atoms with Crippen LogP contribution in [0.5, 0.6) is 0 Å². The molecule has 0 saturated carbocycles. The Morgan fingerprint density at radius 2 is 1.20 bits per heavy atom. The zero-order valence-corrected chi connectivity index (χ0v) is 17.7. The summed E-state index contributed by atoms with van der Waals surface area (Å²) in [5.74, 6) is 0. The fourth-order valence-electron chi connectivity index (χ4n) is 2.84. The van der Waals surface area contributed by atoms with Crippen LogP contribution in [0.25, 0.3) is 0 Å². The SMILES string of the molecule is CCO[Si](OCC)(OCC)C(CC)P(CC)[Si](C)(C)C. The van der Waals surface area contributed by atoms with E-state index < -0.39 is 16.5 Å². The second-order valence-corrected chi connectivity index (χ2v) is 21.3. The van der Waals surface area contributed by atoms with E-state index in [1.54, 1.807) is 0 Å². The zero-order chi connectivity index (χ0) is 15.8. The van der Waals surface area contributed by atoms with Crippen LogP contribution in [0.15, 0.2) is 0 Å². The van der Waals surface area contributed by atoms with Gasteiger partial charge in [0.2, 0.25) is 0 Å². The molecule has 0 N–H and O–H groups in total. The molecule has 0 aliphatic carbocycles. The fraction of sp³-hybridized carbons (Fsp3) is 1.00. The highest BCUT2D eigenvalue weighted by Crippen LogP contribution is 2.55. The first-order valence-corrected chi connectivity index (χ1v) is 15.7. The van der Waals surface area contributed by atoms with Crippen molar-refractivity contribution >= 4 is 24.0 Å². The molecule has 0 spiro atoms. The Morgan fingerprint density at radius 1 is 0.800 bits per heavy atom. The molecule has 0 saturated heterocycles. The van der Waals surface area contributed by atoms with Gasteiger partial charge in [0.25, 0.3) is 0 Å². The Morgan fingerprint density at radius 3 is 1.40 bits per heavy atom. The number of rotatable bonds is 11. The van der Waals surface area contributed by atoms with Crippen LogP contribution in [0.1, 0.15) is 41.0 Å². The lowest BCUT2D eigenvalue weighted by molar-refractivity contribution is 0.0688. The molecule has 0 amide bonds. The van der Waals surface area contributed by atoms with Gasteiger partial charge in [-0.1, -0.05) is 33.5 Å². The first kappa shape index (κ1) is 20.7. The molecule has 0 rings (SSSR count). The van der Waals surface area contributed by atoms with Crippen molar-refractivity contribution in [3.8, 4) is 0 Å². The van der Waals surface area contributed by atoms with Crippen molar-refractivity contribution in [1.29, 1.82) is 0 Å². The monoisotopic (exact) mass is 338 g/mol. The second kappa shape index (κ2) is 9.70. The van der Waals surface area contributed by atoms with E-state index in [2.05, 4.69) is 54.3 Å². The molecule has 2 atom stereocenters. The molecular formula is C14H35O3PSi2. The quantitative estimate of drug-likeness (QED) is 0.404. The Kier molecular flexibility index (Phi) is 10.1. The molecule has 0 radical (unpaired) electrons. The average Bonchev–Trinajstić information content (AvgIpc) is 2.34. The summed E-state index contributed by atoms with van der Waals surface area (Å²) in [7, 11) is -3.82. The maximum absolute atomic E-state index is 6.17. The topological polar surface area (TPSA) is 27.7 Å². The summed E-state index contributed by atoms with van der Waals surface area (Å²) in [6.45, 7) is 20.2. The third-order valence-corrected chi connectivity index (χ3v) is 19.9. The summed E-state index contributed by atoms with van der Waals surface area (Å²) in [5.41, 5.74) is 0. The van der Waals surface area contributed by atoms with Gasteiger partial charge in [-0.15, -0.1) is 7.47 Å². The van der Waals surface area contributed by atoms with Crippen LogP contribution in [-0.4, -0.2) is 47.8 Å². The van der Waals surface area contributed by atoms with Crippen LogP contribution in [0.3, 0.4) is 0 Å². The molecule has 0 heterocycles. The molecule has 6 heteroatoms. The van der Waals surface area contributed by atoms with E-state index >= 15 is 0 Å². The Labute approximate surface area is 129 Å². The van der Waals surface area contributed by atoms with Crippen molar-refractivity contribution in [3.05, 3.63) is 0 Å². The minimum absolute atomic E-state index is 0.0600. The molecular weight excluding hydrogens is 303 g/mol. The number of hydrogen-bond donors (Lipinski definition) is 0. The highest BCUT2D eigenvalue weighted by Gasteiger charge is 2.53. The fourth-order valence-corrected chi connectivity index (χ4v) is 22.0. The van der Waals surface area contributed by atoms with Gasteiger partial charge in [0.05, 0.1) is 7.74 Å². The van der Waals surface area contributed by atoms with Gasteiger partial charge in [0.1, 0.15) is 0 Å². The van der Waals surface area contributed by atoms with Crippen molar-refractivity contribution in [2.75, 3.05) is 26.0 Å². The van der Waals surface area contributed by atoms with E-state index in [1.807, 2.05) is 0 Å². The molecule has 3 nitrogen and oxygen atoms in total. The molecule has 0 aliphatic rings. The minimum Gasteiger partial charge on any atom is -0.373 e. The van der Waals surface area contributed by atoms with Gasteiger partial charge < -0.3 is 13.3 Å². The van der Waals surface area contributed by atoms with E-state index in [0.29, 0.717) is 25.1 Å². The molecule has 0 fully saturated rings. The van der Waals surface area contributed by atoms with Crippen LogP contribution >= 0.6 is 7.47 Å². The molecule has 0 aromatic carbocycles. The summed E-state index contributed by atoms with van der Waals surface area (Å²) in [4.78, 5) is 0. The maximum atomic E-state index is 6.17. The zero-order valence-electron chi connectivity index (χ0n) is 14.8. The third-order valence-electron chi connectivity index (χ3n) is 3.41. The van der Waals surface area contributed by atoms with Crippen LogP contribution < -0.4 is 0 Å². The van der Waals surface area contributed by atoms with Crippen molar-refractivity contribution in [2.24, 2.45) is 0 Å². The van der Waals surface area contributed by atoms with Gasteiger partial charge in [0.15, 0.2) is 0 Å². The third kappa shape index (κ3) is 5.50. The first-order valence-electron chi connectivity index (χ1n) is 8.01. The van der Waals surface area contributed by atoms with Gasteiger partial charge >= 0.3 is 8.80 Å². The molecule has 2 unspecified atom stereocenters. The van der Waals surface area contributed by atoms with Gasteiger partial charge in [0, 0.05) is 25.1 Å². The van der Waals surface area contributed by atoms with E-state index in [-0.39, 0.29) is 7.47 Å². The van der Waals surface area contributed by atoms with E-state index in [9.17, 15) is 0 Å². The lowest BCUT2D eigenvalue weighted by Gasteiger charge is -2.43. The van der Waals surface area contributed by atoms with Gasteiger partial charge in [-0.25, -0.2) is 0 Å². The van der Waals surface area contributed by atoms with Gasteiger partial charge in [-0.3, -0.25) is 0 Å². The highest BCUT2D eigenvalue weighted by atomic mass is 31.4. The van der Waals surface area contributed by atoms with Crippen LogP contribution in [0.2, 0.25) is 19.6 Å². The Balaban J connectivity index is 5.53. The van der Waals surface area contributed by atoms with Crippen LogP contribution in [-0.2, 0) is 13.3 Å². The normalized spacial score (nSPS) is 16.2. The van der Waals surface area contributed by atoms with Gasteiger partial charge in [-0.2, -0.15) is 0 Å². The minimum atomic E-state index is -2.56. The smallest absolute Gasteiger partial charge is 0.373 e. The maximum Gasteiger partial charge on any atom is 0.508 e. The van der Waals surface area contributed by atoms with Crippen molar-refractivity contribution in [2.45, 2.75) is 66.0 Å². The summed E-state index contributed by atoms with van der Waals surface area (Å²) >= 11 is 0. The predicted octanol–water partition coefficient (Wildman–Crippen LogP) is 4.69. The van der Waals surface area contributed by atoms with Crippen molar-refractivity contribution < 1.29 is 13.3 Å². The molecule has 0 aromatic rings. The predicted molar refractivity (Wildman–Crippen MR) is 95.5 cm³/mol. The Bertz CT molecular complexity index is 242. The van der Waals surface area contributed by atoms with Crippen molar-refractivity contribution in [1.82, 2.24) is 0 Å². The lowest BCUT2D eigenvalue weighted by atomic mass is 10.6. The molecule has 0 aliphatic heterocycles. The Hall–Kier alpha value is 0.744. The second-order valence-electron chi connectivity index (χ2n) is 5.78. The van der Waals surface area contributed by atoms with E-state index in [4.69, 9.17) is 13.3 Å². The van der Waals surface area contributed by atoms with E-state index in [1.165, 1.54) is 6.16 Å². The van der Waals surface area contributed by atoms with Crippen LogP contribution in [0, 0.1) is 0 Å². The average molecular weight is 339 g/mol. The standard InChI is InChI=1S/C14H35O3PSi2/c1-9-14(18(13-5)19(6,7)8)20(15-10-2,16-11-3)17-12-4/h14H,9-13H2,1-8H3. The van der Waals surface area contributed by atoms with Crippen molar-refractivity contribution in [3.63, 3.8) is 0 Å².